The topological polar surface area (TPSA) is 241 Å². The number of rotatable bonds is 18. The fraction of sp³-hybridized carbons (Fsp3) is 0.367. The van der Waals surface area contributed by atoms with Crippen LogP contribution in [0.4, 0.5) is 30.2 Å². The molecule has 1 atom stereocenters. The van der Waals surface area contributed by atoms with E-state index in [-0.39, 0.29) is 50.3 Å². The highest BCUT2D eigenvalue weighted by Gasteiger charge is 2.37. The highest BCUT2D eigenvalue weighted by atomic mass is 19.2. The quantitative estimate of drug-likeness (QED) is 0.0160. The Morgan fingerprint density at radius 2 is 1.56 bits per heavy atom. The Morgan fingerprint density at radius 3 is 2.38 bits per heavy atom. The van der Waals surface area contributed by atoms with E-state index in [1.54, 1.807) is 12.1 Å². The number of azide groups is 2. The molecule has 0 saturated heterocycles. The summed E-state index contributed by atoms with van der Waals surface area (Å²) in [6, 6.07) is 21.9. The second kappa shape index (κ2) is 23.6. The number of hydrogen-bond donors (Lipinski definition) is 4. The number of anilines is 1. The van der Waals surface area contributed by atoms with Crippen molar-refractivity contribution in [2.45, 2.75) is 83.3 Å². The molecular weight excluding hydrogens is 1040 g/mol. The van der Waals surface area contributed by atoms with Crippen molar-refractivity contribution in [1.82, 2.24) is 20.1 Å². The molecule has 0 spiro atoms. The molecular formula is C60H59F3N11O7+. The molecule has 11 rings (SSSR count). The molecule has 6 aromatic rings. The Labute approximate surface area is 463 Å². The number of fused-ring (bicyclic) bond motifs is 5. The largest absolute Gasteiger partial charge is 0.490 e. The monoisotopic (exact) mass is 1100 g/mol. The maximum atomic E-state index is 16.1. The third-order valence-electron chi connectivity index (χ3n) is 16.1. The number of carboxylic acids is 1. The number of ether oxygens (including phenoxy) is 2. The average Bonchev–Trinajstić information content (AvgIpc) is 3.61. The molecule has 21 heteroatoms. The first-order chi connectivity index (χ1) is 39.4. The van der Waals surface area contributed by atoms with E-state index in [0.29, 0.717) is 28.4 Å². The summed E-state index contributed by atoms with van der Waals surface area (Å²) in [6.45, 7) is 2.03. The Hall–Kier alpha value is -8.61. The van der Waals surface area contributed by atoms with E-state index < -0.39 is 64.8 Å². The Balaban J connectivity index is 0.895. The molecule has 0 bridgehead atoms. The van der Waals surface area contributed by atoms with Gasteiger partial charge in [-0.05, 0) is 115 Å². The van der Waals surface area contributed by atoms with E-state index in [4.69, 9.17) is 20.5 Å². The lowest BCUT2D eigenvalue weighted by Gasteiger charge is -2.35. The molecule has 18 nitrogen and oxygen atoms in total. The van der Waals surface area contributed by atoms with Crippen LogP contribution in [0.3, 0.4) is 0 Å². The molecule has 0 aliphatic carbocycles. The van der Waals surface area contributed by atoms with Crippen molar-refractivity contribution in [3.05, 3.63) is 172 Å². The van der Waals surface area contributed by atoms with Gasteiger partial charge in [-0.15, -0.1) is 0 Å². The van der Waals surface area contributed by atoms with Crippen molar-refractivity contribution in [2.24, 2.45) is 10.2 Å². The summed E-state index contributed by atoms with van der Waals surface area (Å²) in [5.74, 6) is -5.72. The number of hydrogen-bond acceptors (Lipinski definition) is 10. The highest BCUT2D eigenvalue weighted by molar-refractivity contribution is 6.03. The van der Waals surface area contributed by atoms with E-state index in [2.05, 4.69) is 52.3 Å². The second-order valence-electron chi connectivity index (χ2n) is 21.1. The predicted octanol–water partition coefficient (Wildman–Crippen LogP) is 9.23. The molecule has 5 aliphatic rings. The number of carbonyl (C=O) groups excluding carboxylic acids is 2. The van der Waals surface area contributed by atoms with Gasteiger partial charge in [-0.2, -0.15) is 0 Å². The Morgan fingerprint density at radius 1 is 0.802 bits per heavy atom. The summed E-state index contributed by atoms with van der Waals surface area (Å²) in [7, 11) is 0. The number of aryl methyl sites for hydroxylation is 2. The first-order valence-electron chi connectivity index (χ1n) is 27.6. The van der Waals surface area contributed by atoms with Crippen LogP contribution in [-0.2, 0) is 37.0 Å². The zero-order valence-corrected chi connectivity index (χ0v) is 44.4. The number of aliphatic hydroxyl groups excluding tert-OH is 1. The maximum Gasteiger partial charge on any atom is 0.336 e. The lowest BCUT2D eigenvalue weighted by molar-refractivity contribution is -0.131. The minimum Gasteiger partial charge on any atom is -0.490 e. The van der Waals surface area contributed by atoms with Gasteiger partial charge < -0.3 is 40.1 Å². The third kappa shape index (κ3) is 10.7. The number of carboxylic acid groups (broad SMARTS) is 1. The van der Waals surface area contributed by atoms with Gasteiger partial charge in [0, 0.05) is 118 Å². The molecule has 0 radical (unpaired) electrons. The second-order valence-corrected chi connectivity index (χ2v) is 21.1. The van der Waals surface area contributed by atoms with Gasteiger partial charge in [-0.1, -0.05) is 46.6 Å². The molecule has 4 N–H and O–H groups in total. The van der Waals surface area contributed by atoms with Gasteiger partial charge in [-0.3, -0.25) is 9.59 Å². The summed E-state index contributed by atoms with van der Waals surface area (Å²) in [5, 5.41) is 37.4. The van der Waals surface area contributed by atoms with E-state index in [1.807, 2.05) is 36.4 Å². The number of carbonyl (C=O) groups is 3. The Kier molecular flexibility index (Phi) is 15.8. The van der Waals surface area contributed by atoms with Crippen molar-refractivity contribution in [2.75, 3.05) is 63.9 Å². The van der Waals surface area contributed by atoms with E-state index in [0.717, 1.165) is 128 Å². The zero-order valence-electron chi connectivity index (χ0n) is 44.4. The summed E-state index contributed by atoms with van der Waals surface area (Å²) < 4.78 is 62.9. The summed E-state index contributed by atoms with van der Waals surface area (Å²) >= 11 is 0. The summed E-state index contributed by atoms with van der Waals surface area (Å²) in [5.41, 5.74) is 22.4. The fourth-order valence-corrected chi connectivity index (χ4v) is 12.4. The number of benzene rings is 6. The molecule has 0 fully saturated rings. The molecule has 5 heterocycles. The standard InChI is InChI=1S/C60H58F3N11O7/c61-50-46(51(62)53(68-70-64)54(52(50)63)69-71-65)32-74(48(76)20-21-66-31-38(75)33-80-47-17-7-13-34-10-1-2-14-39(34)47)27-22-67-59(77)37-18-19-40(60(78)79)43(30-37)49-44-28-35-11-3-5-23-72-25-8-15-41(55(35)72)57(44)81-58-42-16-9-26-73-24-6-4-12-36(56(42)73)29-45(49)58/h1-2,7,10,13-14,17-19,28-30,38,66,75H,3-6,8-9,11-12,15-16,20-27,31-33H2,(H-,67,77,78,79)/p+1/t38-/m0/s1. The molecule has 5 aliphatic heterocycles. The van der Waals surface area contributed by atoms with Gasteiger partial charge in [0.2, 0.25) is 11.3 Å². The first kappa shape index (κ1) is 54.4. The van der Waals surface area contributed by atoms with Crippen molar-refractivity contribution in [3.63, 3.8) is 0 Å². The van der Waals surface area contributed by atoms with Crippen LogP contribution in [0.25, 0.3) is 37.2 Å². The molecule has 6 aromatic carbocycles. The first-order valence-corrected chi connectivity index (χ1v) is 27.6. The summed E-state index contributed by atoms with van der Waals surface area (Å²) in [6.07, 6.45) is 7.90. The molecule has 0 aromatic heterocycles. The fourth-order valence-electron chi connectivity index (χ4n) is 12.4. The number of amides is 2. The SMILES string of the molecule is [N-]=[N+]=Nc1c(F)c(F)c(CN(CCNC(=O)c2ccc(C(=O)O)c(C3=c4cc5c6c(c4Oc4c3cc3c7c4CCCN7CCCC3)CCC[N+]=6CCCC5)c2)C(=O)CCNC[C@H](O)COc2cccc3ccccc23)c(F)c1N=[N+]=[N-]. The van der Waals surface area contributed by atoms with Gasteiger partial charge >= 0.3 is 5.97 Å². The molecule has 81 heavy (non-hydrogen) atoms. The van der Waals surface area contributed by atoms with Gasteiger partial charge in [0.25, 0.3) is 5.91 Å². The number of nitrogens with one attached hydrogen (secondary N) is 2. The lowest BCUT2D eigenvalue weighted by atomic mass is 9.82. The smallest absolute Gasteiger partial charge is 0.336 e. The van der Waals surface area contributed by atoms with Crippen molar-refractivity contribution in [3.8, 4) is 17.2 Å². The van der Waals surface area contributed by atoms with E-state index >= 15 is 13.2 Å². The van der Waals surface area contributed by atoms with Gasteiger partial charge in [0.15, 0.2) is 11.6 Å². The van der Waals surface area contributed by atoms with Crippen LogP contribution in [0.1, 0.15) is 105 Å². The van der Waals surface area contributed by atoms with Crippen molar-refractivity contribution >= 4 is 51.2 Å². The number of nitrogens with zero attached hydrogens (tertiary/aromatic N) is 9. The normalized spacial score (nSPS) is 15.3. The van der Waals surface area contributed by atoms with Gasteiger partial charge in [0.05, 0.1) is 29.0 Å². The van der Waals surface area contributed by atoms with Gasteiger partial charge in [-0.25, -0.2) is 22.5 Å². The zero-order chi connectivity index (χ0) is 56.3. The summed E-state index contributed by atoms with van der Waals surface area (Å²) in [4.78, 5) is 50.3. The van der Waals surface area contributed by atoms with Crippen LogP contribution in [-0.4, -0.2) is 98.0 Å². The molecule has 416 valence electrons. The van der Waals surface area contributed by atoms with E-state index in [1.165, 1.54) is 34.3 Å². The molecule has 0 unspecified atom stereocenters. The number of aliphatic hydroxyl groups is 1. The van der Waals surface area contributed by atoms with E-state index in [9.17, 15) is 24.6 Å². The minimum absolute atomic E-state index is 0.00507. The van der Waals surface area contributed by atoms with Crippen LogP contribution in [0, 0.1) is 17.5 Å². The number of aromatic carboxylic acids is 1. The van der Waals surface area contributed by atoms with Gasteiger partial charge in [0.1, 0.15) is 48.9 Å². The Bertz CT molecular complexity index is 3800. The lowest BCUT2D eigenvalue weighted by Crippen LogP contribution is -2.41. The third-order valence-corrected chi connectivity index (χ3v) is 16.1. The van der Waals surface area contributed by atoms with Crippen LogP contribution in [0.15, 0.2) is 83.0 Å². The predicted molar refractivity (Wildman–Crippen MR) is 298 cm³/mol. The molecule has 0 saturated carbocycles. The van der Waals surface area contributed by atoms with Crippen molar-refractivity contribution in [1.29, 1.82) is 0 Å². The van der Waals surface area contributed by atoms with Crippen LogP contribution in [0.2, 0.25) is 0 Å². The van der Waals surface area contributed by atoms with Crippen LogP contribution >= 0.6 is 0 Å². The highest BCUT2D eigenvalue weighted by Crippen LogP contribution is 2.49. The number of halogens is 3. The van der Waals surface area contributed by atoms with Crippen LogP contribution < -0.4 is 40.2 Å². The molecule has 2 amide bonds. The average molecular weight is 1100 g/mol. The minimum atomic E-state index is -1.81. The van der Waals surface area contributed by atoms with Crippen LogP contribution in [0.5, 0.6) is 17.2 Å². The van der Waals surface area contributed by atoms with Crippen molar-refractivity contribution < 1.29 is 47.2 Å². The maximum absolute atomic E-state index is 16.1.